The van der Waals surface area contributed by atoms with Gasteiger partial charge in [-0.3, -0.25) is 4.99 Å². The summed E-state index contributed by atoms with van der Waals surface area (Å²) >= 11 is 0. The molecule has 1 aliphatic heterocycles. The summed E-state index contributed by atoms with van der Waals surface area (Å²) in [4.78, 5) is 4.37. The first-order chi connectivity index (χ1) is 12.3. The molecule has 0 fully saturated rings. The average molecular weight is 469 g/mol. The van der Waals surface area contributed by atoms with Gasteiger partial charge in [-0.05, 0) is 62.1 Å². The molecule has 1 heterocycles. The van der Waals surface area contributed by atoms with Crippen molar-refractivity contribution < 1.29 is 4.74 Å². The molecule has 2 aliphatic rings. The van der Waals surface area contributed by atoms with E-state index >= 15 is 0 Å². The molecule has 0 amide bonds. The standard InChI is InChI=1S/C21H31N3O.HI/c1-16(19-8-7-18-5-3-4-6-20(18)15-19)24-21(22-2)23-12-9-17-10-13-25-14-11-17;/h7-8,10,15-16H,3-6,9,11-14H2,1-2H3,(H2,22,23,24);1H. The molecule has 0 saturated carbocycles. The van der Waals surface area contributed by atoms with Crippen molar-refractivity contribution >= 4 is 29.9 Å². The lowest BCUT2D eigenvalue weighted by atomic mass is 9.89. The summed E-state index contributed by atoms with van der Waals surface area (Å²) in [5.41, 5.74) is 5.90. The van der Waals surface area contributed by atoms with E-state index in [9.17, 15) is 0 Å². The van der Waals surface area contributed by atoms with Crippen LogP contribution in [-0.2, 0) is 17.6 Å². The van der Waals surface area contributed by atoms with Gasteiger partial charge in [-0.25, -0.2) is 0 Å². The summed E-state index contributed by atoms with van der Waals surface area (Å²) in [6.07, 6.45) is 9.43. The molecule has 1 aromatic carbocycles. The Labute approximate surface area is 174 Å². The lowest BCUT2D eigenvalue weighted by Gasteiger charge is -2.22. The molecule has 0 radical (unpaired) electrons. The SMILES string of the molecule is CN=C(NCCC1=CCOCC1)NC(C)c1ccc2c(c1)CCCC2.I. The predicted octanol–water partition coefficient (Wildman–Crippen LogP) is 4.15. The van der Waals surface area contributed by atoms with Crippen LogP contribution >= 0.6 is 24.0 Å². The van der Waals surface area contributed by atoms with E-state index in [4.69, 9.17) is 4.74 Å². The largest absolute Gasteiger partial charge is 0.377 e. The maximum Gasteiger partial charge on any atom is 0.191 e. The first kappa shape index (κ1) is 21.2. The molecule has 1 atom stereocenters. The molecule has 2 N–H and O–H groups in total. The third-order valence-corrected chi connectivity index (χ3v) is 5.25. The third kappa shape index (κ3) is 5.98. The monoisotopic (exact) mass is 469 g/mol. The number of hydrogen-bond acceptors (Lipinski definition) is 2. The van der Waals surface area contributed by atoms with Crippen molar-refractivity contribution in [3.05, 3.63) is 46.5 Å². The topological polar surface area (TPSA) is 45.7 Å². The van der Waals surface area contributed by atoms with Gasteiger partial charge in [0.2, 0.25) is 0 Å². The minimum atomic E-state index is 0. The smallest absolute Gasteiger partial charge is 0.191 e. The molecule has 5 heteroatoms. The fraction of sp³-hybridized carbons (Fsp3) is 0.571. The summed E-state index contributed by atoms with van der Waals surface area (Å²) < 4.78 is 5.36. The van der Waals surface area contributed by atoms with E-state index in [-0.39, 0.29) is 30.0 Å². The Hall–Kier alpha value is -1.08. The van der Waals surface area contributed by atoms with Crippen molar-refractivity contribution in [2.24, 2.45) is 4.99 Å². The van der Waals surface area contributed by atoms with Gasteiger partial charge in [0, 0.05) is 13.6 Å². The van der Waals surface area contributed by atoms with Crippen molar-refractivity contribution in [1.82, 2.24) is 10.6 Å². The molecule has 4 nitrogen and oxygen atoms in total. The Morgan fingerprint density at radius 2 is 2.00 bits per heavy atom. The number of nitrogens with one attached hydrogen (secondary N) is 2. The molecule has 0 saturated heterocycles. The third-order valence-electron chi connectivity index (χ3n) is 5.25. The van der Waals surface area contributed by atoms with E-state index in [1.54, 1.807) is 0 Å². The van der Waals surface area contributed by atoms with Crippen LogP contribution in [0.25, 0.3) is 0 Å². The summed E-state index contributed by atoms with van der Waals surface area (Å²) in [5.74, 6) is 0.873. The zero-order chi connectivity index (χ0) is 17.5. The highest BCUT2D eigenvalue weighted by Gasteiger charge is 2.13. The second-order valence-corrected chi connectivity index (χ2v) is 7.04. The first-order valence-electron chi connectivity index (χ1n) is 9.61. The maximum absolute atomic E-state index is 5.36. The Bertz CT molecular complexity index is 642. The Balaban J connectivity index is 0.00000243. The van der Waals surface area contributed by atoms with Gasteiger partial charge in [-0.1, -0.05) is 29.8 Å². The first-order valence-corrected chi connectivity index (χ1v) is 9.61. The zero-order valence-corrected chi connectivity index (χ0v) is 18.3. The molecular formula is C21H32IN3O. The summed E-state index contributed by atoms with van der Waals surface area (Å²) in [6, 6.07) is 7.21. The minimum Gasteiger partial charge on any atom is -0.377 e. The van der Waals surface area contributed by atoms with Crippen LogP contribution in [0.3, 0.4) is 0 Å². The van der Waals surface area contributed by atoms with Crippen LogP contribution in [0.15, 0.2) is 34.8 Å². The number of fused-ring (bicyclic) bond motifs is 1. The predicted molar refractivity (Wildman–Crippen MR) is 120 cm³/mol. The van der Waals surface area contributed by atoms with Crippen LogP contribution in [0.1, 0.15) is 55.3 Å². The molecule has 0 spiro atoms. The Morgan fingerprint density at radius 1 is 1.19 bits per heavy atom. The number of rotatable bonds is 5. The molecule has 0 aromatic heterocycles. The van der Waals surface area contributed by atoms with Gasteiger partial charge < -0.3 is 15.4 Å². The highest BCUT2D eigenvalue weighted by atomic mass is 127. The highest BCUT2D eigenvalue weighted by Crippen LogP contribution is 2.24. The molecule has 26 heavy (non-hydrogen) atoms. The fourth-order valence-electron chi connectivity index (χ4n) is 3.64. The van der Waals surface area contributed by atoms with Gasteiger partial charge in [0.05, 0.1) is 19.3 Å². The minimum absolute atomic E-state index is 0. The Morgan fingerprint density at radius 3 is 2.73 bits per heavy atom. The van der Waals surface area contributed by atoms with Gasteiger partial charge in [0.15, 0.2) is 5.96 Å². The van der Waals surface area contributed by atoms with Gasteiger partial charge >= 0.3 is 0 Å². The molecule has 3 rings (SSSR count). The zero-order valence-electron chi connectivity index (χ0n) is 16.0. The van der Waals surface area contributed by atoms with Gasteiger partial charge in [0.1, 0.15) is 0 Å². The number of ether oxygens (including phenoxy) is 1. The normalized spacial score (nSPS) is 18.2. The number of guanidine groups is 1. The number of aryl methyl sites for hydroxylation is 2. The van der Waals surface area contributed by atoms with Crippen LogP contribution in [-0.4, -0.2) is 32.8 Å². The van der Waals surface area contributed by atoms with E-state index in [1.807, 2.05) is 7.05 Å². The summed E-state index contributed by atoms with van der Waals surface area (Å²) in [6.45, 7) is 4.73. The molecule has 1 unspecified atom stereocenters. The molecular weight excluding hydrogens is 437 g/mol. The molecule has 1 aromatic rings. The van der Waals surface area contributed by atoms with E-state index in [2.05, 4.69) is 46.8 Å². The van der Waals surface area contributed by atoms with E-state index < -0.39 is 0 Å². The van der Waals surface area contributed by atoms with Crippen molar-refractivity contribution in [2.75, 3.05) is 26.8 Å². The van der Waals surface area contributed by atoms with Crippen molar-refractivity contribution in [2.45, 2.75) is 51.5 Å². The van der Waals surface area contributed by atoms with Crippen LogP contribution < -0.4 is 10.6 Å². The van der Waals surface area contributed by atoms with Crippen molar-refractivity contribution in [3.63, 3.8) is 0 Å². The van der Waals surface area contributed by atoms with Crippen molar-refractivity contribution in [3.8, 4) is 0 Å². The van der Waals surface area contributed by atoms with Crippen LogP contribution in [0, 0.1) is 0 Å². The second-order valence-electron chi connectivity index (χ2n) is 7.04. The number of nitrogens with zero attached hydrogens (tertiary/aromatic N) is 1. The lowest BCUT2D eigenvalue weighted by molar-refractivity contribution is 0.153. The molecule has 1 aliphatic carbocycles. The summed E-state index contributed by atoms with van der Waals surface area (Å²) in [5, 5.41) is 6.96. The van der Waals surface area contributed by atoms with Crippen LogP contribution in [0.4, 0.5) is 0 Å². The lowest BCUT2D eigenvalue weighted by Crippen LogP contribution is -2.39. The number of benzene rings is 1. The number of hydrogen-bond donors (Lipinski definition) is 2. The van der Waals surface area contributed by atoms with Crippen molar-refractivity contribution in [1.29, 1.82) is 0 Å². The van der Waals surface area contributed by atoms with E-state index in [0.29, 0.717) is 0 Å². The maximum atomic E-state index is 5.36. The quantitative estimate of drug-likeness (QED) is 0.295. The Kier molecular flexibility index (Phi) is 8.91. The van der Waals surface area contributed by atoms with Crippen LogP contribution in [0.2, 0.25) is 0 Å². The molecule has 144 valence electrons. The number of halogens is 1. The van der Waals surface area contributed by atoms with Gasteiger partial charge in [-0.2, -0.15) is 0 Å². The molecule has 0 bridgehead atoms. The summed E-state index contributed by atoms with van der Waals surface area (Å²) in [7, 11) is 1.84. The second kappa shape index (κ2) is 10.9. The van der Waals surface area contributed by atoms with Gasteiger partial charge in [-0.15, -0.1) is 24.0 Å². The number of aliphatic imine (C=N–C) groups is 1. The fourth-order valence-corrected chi connectivity index (χ4v) is 3.64. The van der Waals surface area contributed by atoms with Crippen LogP contribution in [0.5, 0.6) is 0 Å². The van der Waals surface area contributed by atoms with E-state index in [0.717, 1.165) is 38.6 Å². The average Bonchev–Trinajstić information content (AvgIpc) is 2.67. The van der Waals surface area contributed by atoms with Gasteiger partial charge in [0.25, 0.3) is 0 Å². The highest BCUT2D eigenvalue weighted by molar-refractivity contribution is 14.0. The van der Waals surface area contributed by atoms with E-state index in [1.165, 1.54) is 47.9 Å².